The minimum Gasteiger partial charge on any atom is -0.492 e. The van der Waals surface area contributed by atoms with Crippen LogP contribution >= 0.6 is 0 Å². The van der Waals surface area contributed by atoms with E-state index in [0.717, 1.165) is 17.7 Å². The van der Waals surface area contributed by atoms with Gasteiger partial charge in [0.1, 0.15) is 29.2 Å². The van der Waals surface area contributed by atoms with Crippen LogP contribution in [0.5, 0.6) is 5.75 Å². The fraction of sp³-hybridized carbons (Fsp3) is 0.125. The molecule has 5 nitrogen and oxygen atoms in total. The summed E-state index contributed by atoms with van der Waals surface area (Å²) in [5.41, 5.74) is 1.82. The van der Waals surface area contributed by atoms with Gasteiger partial charge in [-0.25, -0.2) is 13.8 Å². The third-order valence-corrected chi connectivity index (χ3v) is 6.90. The lowest BCUT2D eigenvalue weighted by Crippen LogP contribution is -2.33. The molecule has 0 amide bonds. The summed E-state index contributed by atoms with van der Waals surface area (Å²) in [4.78, 5) is 7.39. The summed E-state index contributed by atoms with van der Waals surface area (Å²) >= 11 is 0. The van der Waals surface area contributed by atoms with Crippen LogP contribution < -0.4 is 9.30 Å². The number of H-pyrrole nitrogens is 1. The average molecular weight is 576 g/mol. The van der Waals surface area contributed by atoms with Gasteiger partial charge in [-0.3, -0.25) is 0 Å². The molecule has 6 aromatic rings. The van der Waals surface area contributed by atoms with E-state index in [1.807, 2.05) is 33.7 Å². The molecule has 3 aromatic carbocycles. The standard InChI is InChI=1S/C32H23F5N4O/c33-27-5-3-4-25(30(27)34)31-38-28-12-15-41(20-29(28)39-31)19-21-6-8-22(9-7-21)24-11-10-23(18-26(24)32(35,36)37)42-17-16-40-13-1-2-14-40/h1-15,18,20H,16-17,19H2/p+1. The number of fused-ring (bicyclic) bond motifs is 1. The van der Waals surface area contributed by atoms with E-state index in [0.29, 0.717) is 29.7 Å². The number of alkyl halides is 3. The van der Waals surface area contributed by atoms with Crippen molar-refractivity contribution in [3.05, 3.63) is 126 Å². The van der Waals surface area contributed by atoms with Crippen LogP contribution in [-0.2, 0) is 19.3 Å². The molecule has 6 rings (SSSR count). The van der Waals surface area contributed by atoms with Crippen molar-refractivity contribution in [1.29, 1.82) is 0 Å². The predicted octanol–water partition coefficient (Wildman–Crippen LogP) is 7.41. The highest BCUT2D eigenvalue weighted by molar-refractivity contribution is 5.77. The first-order chi connectivity index (χ1) is 20.2. The molecule has 0 saturated heterocycles. The average Bonchev–Trinajstić information content (AvgIpc) is 3.64. The van der Waals surface area contributed by atoms with Gasteiger partial charge in [0.15, 0.2) is 30.6 Å². The molecule has 0 unspecified atom stereocenters. The summed E-state index contributed by atoms with van der Waals surface area (Å²) in [6.45, 7) is 1.19. The number of nitrogens with zero attached hydrogens (tertiary/aromatic N) is 3. The second kappa shape index (κ2) is 11.1. The Labute approximate surface area is 237 Å². The van der Waals surface area contributed by atoms with Crippen LogP contribution in [0.15, 0.2) is 104 Å². The third kappa shape index (κ3) is 5.74. The first kappa shape index (κ1) is 27.2. The maximum absolute atomic E-state index is 14.2. The number of aromatic amines is 1. The van der Waals surface area contributed by atoms with Gasteiger partial charge in [-0.2, -0.15) is 17.7 Å². The number of benzene rings is 3. The molecule has 0 spiro atoms. The van der Waals surface area contributed by atoms with E-state index in [4.69, 9.17) is 4.74 Å². The number of hydrogen-bond donors (Lipinski definition) is 1. The van der Waals surface area contributed by atoms with Gasteiger partial charge in [0.25, 0.3) is 0 Å². The molecular formula is C32H24F5N4O+. The molecule has 0 atom stereocenters. The van der Waals surface area contributed by atoms with E-state index in [-0.39, 0.29) is 29.3 Å². The summed E-state index contributed by atoms with van der Waals surface area (Å²) in [6.07, 6.45) is 2.74. The molecule has 0 radical (unpaired) electrons. The first-order valence-electron chi connectivity index (χ1n) is 13.1. The van der Waals surface area contributed by atoms with Gasteiger partial charge >= 0.3 is 6.18 Å². The lowest BCUT2D eigenvalue weighted by atomic mass is 9.98. The fourth-order valence-electron chi connectivity index (χ4n) is 4.80. The number of halogens is 5. The zero-order chi connectivity index (χ0) is 29.3. The Morgan fingerprint density at radius 1 is 0.881 bits per heavy atom. The normalized spacial score (nSPS) is 11.7. The van der Waals surface area contributed by atoms with Gasteiger partial charge in [0.05, 0.1) is 17.7 Å². The zero-order valence-corrected chi connectivity index (χ0v) is 22.1. The zero-order valence-electron chi connectivity index (χ0n) is 22.1. The Bertz CT molecular complexity index is 1840. The van der Waals surface area contributed by atoms with Gasteiger partial charge < -0.3 is 14.3 Å². The second-order valence-electron chi connectivity index (χ2n) is 9.77. The van der Waals surface area contributed by atoms with E-state index >= 15 is 0 Å². The molecule has 42 heavy (non-hydrogen) atoms. The minimum atomic E-state index is -4.56. The highest BCUT2D eigenvalue weighted by Gasteiger charge is 2.34. The Hall–Kier alpha value is -4.99. The van der Waals surface area contributed by atoms with E-state index in [1.54, 1.807) is 48.8 Å². The number of imidazole rings is 1. The van der Waals surface area contributed by atoms with Crippen molar-refractivity contribution in [3.8, 4) is 28.3 Å². The van der Waals surface area contributed by atoms with Crippen molar-refractivity contribution in [3.63, 3.8) is 0 Å². The van der Waals surface area contributed by atoms with Crippen LogP contribution in [-0.4, -0.2) is 21.1 Å². The van der Waals surface area contributed by atoms with Crippen molar-refractivity contribution in [2.75, 3.05) is 6.61 Å². The molecule has 3 heterocycles. The number of ether oxygens (including phenoxy) is 1. The molecule has 0 aliphatic carbocycles. The highest BCUT2D eigenvalue weighted by atomic mass is 19.4. The molecule has 0 fully saturated rings. The predicted molar refractivity (Wildman–Crippen MR) is 148 cm³/mol. The maximum atomic E-state index is 14.2. The Morgan fingerprint density at radius 3 is 2.43 bits per heavy atom. The molecule has 0 aliphatic heterocycles. The maximum Gasteiger partial charge on any atom is 0.417 e. The van der Waals surface area contributed by atoms with Crippen LogP contribution in [0.1, 0.15) is 11.1 Å². The topological polar surface area (TPSA) is 46.7 Å². The third-order valence-electron chi connectivity index (χ3n) is 6.90. The van der Waals surface area contributed by atoms with Crippen molar-refractivity contribution >= 4 is 11.0 Å². The number of rotatable bonds is 8. The molecule has 1 N–H and O–H groups in total. The Morgan fingerprint density at radius 2 is 1.67 bits per heavy atom. The molecule has 0 saturated carbocycles. The summed E-state index contributed by atoms with van der Waals surface area (Å²) < 4.78 is 79.2. The lowest BCUT2D eigenvalue weighted by Gasteiger charge is -2.16. The quantitative estimate of drug-likeness (QED) is 0.152. The van der Waals surface area contributed by atoms with Crippen molar-refractivity contribution < 1.29 is 31.3 Å². The summed E-state index contributed by atoms with van der Waals surface area (Å²) in [7, 11) is 0. The molecule has 212 valence electrons. The van der Waals surface area contributed by atoms with Gasteiger partial charge in [-0.15, -0.1) is 0 Å². The Kier molecular flexibility index (Phi) is 7.20. The van der Waals surface area contributed by atoms with E-state index in [1.165, 1.54) is 18.2 Å². The Balaban J connectivity index is 1.19. The summed E-state index contributed by atoms with van der Waals surface area (Å²) in [6, 6.07) is 20.3. The van der Waals surface area contributed by atoms with Crippen LogP contribution in [0.25, 0.3) is 33.5 Å². The van der Waals surface area contributed by atoms with Crippen LogP contribution in [0.3, 0.4) is 0 Å². The SMILES string of the molecule is Fc1cccc(-c2nc3cc[n+](Cc4ccc(-c5ccc(OCCn6cccc6)cc5C(F)(F)F)cc4)cc3[nH]2)c1F. The highest BCUT2D eigenvalue weighted by Crippen LogP contribution is 2.39. The lowest BCUT2D eigenvalue weighted by molar-refractivity contribution is -0.687. The minimum absolute atomic E-state index is 0.0306. The van der Waals surface area contributed by atoms with E-state index in [9.17, 15) is 22.0 Å². The molecular weight excluding hydrogens is 551 g/mol. The molecule has 3 aromatic heterocycles. The van der Waals surface area contributed by atoms with Gasteiger partial charge in [0.2, 0.25) is 0 Å². The van der Waals surface area contributed by atoms with Gasteiger partial charge in [0, 0.05) is 24.0 Å². The second-order valence-corrected chi connectivity index (χ2v) is 9.77. The number of nitrogens with one attached hydrogen (secondary N) is 1. The largest absolute Gasteiger partial charge is 0.492 e. The monoisotopic (exact) mass is 575 g/mol. The van der Waals surface area contributed by atoms with Crippen LogP contribution in [0.2, 0.25) is 0 Å². The van der Waals surface area contributed by atoms with Crippen molar-refractivity contribution in [2.45, 2.75) is 19.3 Å². The van der Waals surface area contributed by atoms with Crippen LogP contribution in [0.4, 0.5) is 22.0 Å². The number of pyridine rings is 1. The molecule has 0 bridgehead atoms. The van der Waals surface area contributed by atoms with Crippen molar-refractivity contribution in [2.24, 2.45) is 0 Å². The van der Waals surface area contributed by atoms with E-state index in [2.05, 4.69) is 9.97 Å². The number of hydrogen-bond acceptors (Lipinski definition) is 2. The summed E-state index contributed by atoms with van der Waals surface area (Å²) in [5, 5.41) is 0. The van der Waals surface area contributed by atoms with E-state index < -0.39 is 23.4 Å². The first-order valence-corrected chi connectivity index (χ1v) is 13.1. The van der Waals surface area contributed by atoms with Crippen molar-refractivity contribution in [1.82, 2.24) is 14.5 Å². The summed E-state index contributed by atoms with van der Waals surface area (Å²) in [5.74, 6) is -1.57. The van der Waals surface area contributed by atoms with Gasteiger partial charge in [-0.05, 0) is 47.5 Å². The fourth-order valence-corrected chi connectivity index (χ4v) is 4.80. The van der Waals surface area contributed by atoms with Gasteiger partial charge in [-0.1, -0.05) is 36.4 Å². The number of aromatic nitrogens is 4. The van der Waals surface area contributed by atoms with Crippen LogP contribution in [0, 0.1) is 11.6 Å². The molecule has 10 heteroatoms. The molecule has 0 aliphatic rings. The smallest absolute Gasteiger partial charge is 0.417 e.